The van der Waals surface area contributed by atoms with Gasteiger partial charge in [0.25, 0.3) is 0 Å². The van der Waals surface area contributed by atoms with Gasteiger partial charge in [0.2, 0.25) is 5.91 Å². The highest BCUT2D eigenvalue weighted by atomic mass is 19.1. The molecule has 2 N–H and O–H groups in total. The second-order valence-corrected chi connectivity index (χ2v) is 7.44. The number of halogens is 1. The molecule has 150 valence electrons. The number of anilines is 3. The summed E-state index contributed by atoms with van der Waals surface area (Å²) in [5.74, 6) is -0.855. The smallest absolute Gasteiger partial charge is 0.410 e. The van der Waals surface area contributed by atoms with Crippen molar-refractivity contribution in [2.24, 2.45) is 0 Å². The molecule has 1 atom stereocenters. The van der Waals surface area contributed by atoms with Crippen molar-refractivity contribution < 1.29 is 18.7 Å². The molecule has 0 fully saturated rings. The van der Waals surface area contributed by atoms with Gasteiger partial charge >= 0.3 is 6.09 Å². The minimum Gasteiger partial charge on any atom is -0.444 e. The van der Waals surface area contributed by atoms with E-state index in [4.69, 9.17) is 4.74 Å². The Hall–Kier alpha value is -3.09. The van der Waals surface area contributed by atoms with Crippen molar-refractivity contribution >= 4 is 29.1 Å². The van der Waals surface area contributed by atoms with Crippen LogP contribution >= 0.6 is 0 Å². The van der Waals surface area contributed by atoms with Gasteiger partial charge in [-0.25, -0.2) is 9.18 Å². The molecule has 0 aliphatic carbocycles. The fraction of sp³-hybridized carbons (Fsp3) is 0.333. The standard InChI is InChI=1S/C21H26FN3O3/c1-14(25(5)20(27)28-21(2,3)4)19(26)24-17-12-11-15(22)13-18(17)23-16-9-7-6-8-10-16/h6-14,23H,1-5H3,(H,24,26)/t14-/m0/s1. The van der Waals surface area contributed by atoms with Crippen LogP contribution in [-0.4, -0.2) is 35.6 Å². The molecule has 2 rings (SSSR count). The number of likely N-dealkylation sites (N-methyl/N-ethyl adjacent to an activating group) is 1. The molecule has 0 spiro atoms. The SMILES string of the molecule is C[C@@H](C(=O)Nc1ccc(F)cc1Nc1ccccc1)N(C)C(=O)OC(C)(C)C. The number of para-hydroxylation sites is 1. The van der Waals surface area contributed by atoms with E-state index in [9.17, 15) is 14.0 Å². The lowest BCUT2D eigenvalue weighted by Crippen LogP contribution is -2.45. The Bertz CT molecular complexity index is 835. The summed E-state index contributed by atoms with van der Waals surface area (Å²) >= 11 is 0. The van der Waals surface area contributed by atoms with Crippen LogP contribution in [0.5, 0.6) is 0 Å². The average molecular weight is 387 g/mol. The van der Waals surface area contributed by atoms with E-state index in [0.717, 1.165) is 5.69 Å². The third-order valence-corrected chi connectivity index (χ3v) is 3.93. The number of benzene rings is 2. The van der Waals surface area contributed by atoms with E-state index < -0.39 is 29.5 Å². The number of nitrogens with one attached hydrogen (secondary N) is 2. The number of carbonyl (C=O) groups is 2. The van der Waals surface area contributed by atoms with Crippen LogP contribution in [0.1, 0.15) is 27.7 Å². The molecule has 0 unspecified atom stereocenters. The Kier molecular flexibility index (Phi) is 6.62. The zero-order valence-corrected chi connectivity index (χ0v) is 16.7. The molecule has 0 heterocycles. The summed E-state index contributed by atoms with van der Waals surface area (Å²) in [6, 6.07) is 12.5. The predicted molar refractivity (Wildman–Crippen MR) is 108 cm³/mol. The summed E-state index contributed by atoms with van der Waals surface area (Å²) in [5, 5.41) is 5.82. The van der Waals surface area contributed by atoms with Crippen molar-refractivity contribution in [3.8, 4) is 0 Å². The number of hydrogen-bond donors (Lipinski definition) is 2. The van der Waals surface area contributed by atoms with E-state index in [1.54, 1.807) is 27.7 Å². The first kappa shape index (κ1) is 21.2. The lowest BCUT2D eigenvalue weighted by atomic mass is 10.2. The van der Waals surface area contributed by atoms with Gasteiger partial charge in [0.1, 0.15) is 17.5 Å². The Labute approximate surface area is 164 Å². The van der Waals surface area contributed by atoms with Crippen LogP contribution in [-0.2, 0) is 9.53 Å². The second-order valence-electron chi connectivity index (χ2n) is 7.44. The summed E-state index contributed by atoms with van der Waals surface area (Å²) in [5.41, 5.74) is 0.902. The molecule has 28 heavy (non-hydrogen) atoms. The summed E-state index contributed by atoms with van der Waals surface area (Å²) in [7, 11) is 1.49. The van der Waals surface area contributed by atoms with E-state index in [-0.39, 0.29) is 0 Å². The van der Waals surface area contributed by atoms with Crippen molar-refractivity contribution in [1.82, 2.24) is 4.90 Å². The number of amides is 2. The van der Waals surface area contributed by atoms with Gasteiger partial charge in [-0.3, -0.25) is 9.69 Å². The maximum absolute atomic E-state index is 13.7. The number of carbonyl (C=O) groups excluding carboxylic acids is 2. The van der Waals surface area contributed by atoms with Crippen molar-refractivity contribution in [2.75, 3.05) is 17.7 Å². The molecular formula is C21H26FN3O3. The minimum absolute atomic E-state index is 0.402. The first-order valence-corrected chi connectivity index (χ1v) is 8.95. The lowest BCUT2D eigenvalue weighted by Gasteiger charge is -2.28. The van der Waals surface area contributed by atoms with Crippen LogP contribution in [0.3, 0.4) is 0 Å². The van der Waals surface area contributed by atoms with Gasteiger partial charge in [-0.2, -0.15) is 0 Å². The molecule has 0 radical (unpaired) electrons. The van der Waals surface area contributed by atoms with Crippen molar-refractivity contribution in [2.45, 2.75) is 39.3 Å². The largest absolute Gasteiger partial charge is 0.444 e. The molecule has 0 aromatic heterocycles. The third-order valence-electron chi connectivity index (χ3n) is 3.93. The zero-order valence-electron chi connectivity index (χ0n) is 16.7. The Balaban J connectivity index is 2.13. The summed E-state index contributed by atoms with van der Waals surface area (Å²) in [6.45, 7) is 6.85. The second kappa shape index (κ2) is 8.73. The maximum atomic E-state index is 13.7. The van der Waals surface area contributed by atoms with Crippen LogP contribution in [0.15, 0.2) is 48.5 Å². The van der Waals surface area contributed by atoms with Gasteiger partial charge in [0.15, 0.2) is 0 Å². The number of nitrogens with zero attached hydrogens (tertiary/aromatic N) is 1. The molecule has 0 saturated heterocycles. The molecule has 2 aromatic rings. The highest BCUT2D eigenvalue weighted by Crippen LogP contribution is 2.27. The molecule has 0 bridgehead atoms. The molecule has 0 aliphatic rings. The van der Waals surface area contributed by atoms with E-state index in [1.807, 2.05) is 30.3 Å². The minimum atomic E-state index is -0.788. The van der Waals surface area contributed by atoms with E-state index in [1.165, 1.54) is 30.1 Å². The fourth-order valence-corrected chi connectivity index (χ4v) is 2.31. The molecule has 7 heteroatoms. The average Bonchev–Trinajstić information content (AvgIpc) is 2.62. The highest BCUT2D eigenvalue weighted by molar-refractivity contribution is 5.99. The molecular weight excluding hydrogens is 361 g/mol. The van der Waals surface area contributed by atoms with Gasteiger partial charge in [-0.05, 0) is 58.0 Å². The van der Waals surface area contributed by atoms with Gasteiger partial charge in [-0.1, -0.05) is 18.2 Å². The molecule has 2 amide bonds. The van der Waals surface area contributed by atoms with Crippen molar-refractivity contribution in [3.05, 3.63) is 54.3 Å². The fourth-order valence-electron chi connectivity index (χ4n) is 2.31. The first-order chi connectivity index (χ1) is 13.1. The Morgan fingerprint density at radius 3 is 2.32 bits per heavy atom. The van der Waals surface area contributed by atoms with Gasteiger partial charge in [0, 0.05) is 12.7 Å². The normalized spacial score (nSPS) is 12.1. The van der Waals surface area contributed by atoms with Crippen molar-refractivity contribution in [1.29, 1.82) is 0 Å². The number of rotatable bonds is 5. The van der Waals surface area contributed by atoms with Crippen LogP contribution < -0.4 is 10.6 Å². The lowest BCUT2D eigenvalue weighted by molar-refractivity contribution is -0.120. The molecule has 6 nitrogen and oxygen atoms in total. The van der Waals surface area contributed by atoms with Crippen LogP contribution in [0.4, 0.5) is 26.2 Å². The Morgan fingerprint density at radius 2 is 1.71 bits per heavy atom. The maximum Gasteiger partial charge on any atom is 0.410 e. The van der Waals surface area contributed by atoms with Gasteiger partial charge < -0.3 is 15.4 Å². The molecule has 2 aromatic carbocycles. The third kappa shape index (κ3) is 5.97. The van der Waals surface area contributed by atoms with Crippen LogP contribution in [0.2, 0.25) is 0 Å². The number of ether oxygens (including phenoxy) is 1. The first-order valence-electron chi connectivity index (χ1n) is 8.95. The molecule has 0 aliphatic heterocycles. The van der Waals surface area contributed by atoms with E-state index in [0.29, 0.717) is 11.4 Å². The van der Waals surface area contributed by atoms with Crippen LogP contribution in [0, 0.1) is 5.82 Å². The topological polar surface area (TPSA) is 70.7 Å². The van der Waals surface area contributed by atoms with Gasteiger partial charge in [0.05, 0.1) is 11.4 Å². The van der Waals surface area contributed by atoms with Crippen molar-refractivity contribution in [3.63, 3.8) is 0 Å². The predicted octanol–water partition coefficient (Wildman–Crippen LogP) is 4.76. The summed E-state index contributed by atoms with van der Waals surface area (Å²) in [4.78, 5) is 26.0. The summed E-state index contributed by atoms with van der Waals surface area (Å²) < 4.78 is 19.0. The monoisotopic (exact) mass is 387 g/mol. The quantitative estimate of drug-likeness (QED) is 0.776. The van der Waals surface area contributed by atoms with E-state index in [2.05, 4.69) is 10.6 Å². The highest BCUT2D eigenvalue weighted by Gasteiger charge is 2.27. The molecule has 0 saturated carbocycles. The van der Waals surface area contributed by atoms with E-state index >= 15 is 0 Å². The number of hydrogen-bond acceptors (Lipinski definition) is 4. The van der Waals surface area contributed by atoms with Gasteiger partial charge in [-0.15, -0.1) is 0 Å². The summed E-state index contributed by atoms with van der Waals surface area (Å²) in [6.07, 6.45) is -0.600. The zero-order chi connectivity index (χ0) is 20.9. The Morgan fingerprint density at radius 1 is 1.07 bits per heavy atom. The van der Waals surface area contributed by atoms with Crippen LogP contribution in [0.25, 0.3) is 0 Å².